The highest BCUT2D eigenvalue weighted by Gasteiger charge is 2.34. The lowest BCUT2D eigenvalue weighted by Crippen LogP contribution is -2.48. The molecule has 1 saturated heterocycles. The molecule has 6 rings (SSSR count). The molecule has 0 spiro atoms. The Labute approximate surface area is 288 Å². The summed E-state index contributed by atoms with van der Waals surface area (Å²) >= 11 is 0. The summed E-state index contributed by atoms with van der Waals surface area (Å²) in [5, 5.41) is 5.48. The molecule has 1 fully saturated rings. The number of halogens is 3. The molecule has 0 unspecified atom stereocenters. The van der Waals surface area contributed by atoms with E-state index in [1.807, 2.05) is 16.5 Å². The summed E-state index contributed by atoms with van der Waals surface area (Å²) in [4.78, 5) is 38.3. The first kappa shape index (κ1) is 34.7. The van der Waals surface area contributed by atoms with Crippen molar-refractivity contribution in [2.24, 2.45) is 7.05 Å². The van der Waals surface area contributed by atoms with Gasteiger partial charge in [-0.15, -0.1) is 0 Å². The van der Waals surface area contributed by atoms with Gasteiger partial charge >= 0.3 is 6.18 Å². The molecule has 2 aromatic heterocycles. The molecule has 4 aromatic rings. The van der Waals surface area contributed by atoms with Gasteiger partial charge in [-0.05, 0) is 55.3 Å². The predicted octanol–water partition coefficient (Wildman–Crippen LogP) is 4.48. The standard InChI is InChI=1S/C37H39F3N8O2/c1-23(2)48-15-13-47(14-16-48)22-27-9-10-28(19-30(27)37(38,39)40)44-33(49)18-25-6-4-5-24(17-25)7-8-26-21-43-36(41)45-34(26)32-20-29-31(46(32)3)11-12-42-35(29)50/h4-6,9-10,17,19-21,23H,11-16,18,22H2,1-3H3,(H,42,50)(H,44,49)(H2,41,43,45). The Morgan fingerprint density at radius 1 is 1.08 bits per heavy atom. The van der Waals surface area contributed by atoms with Crippen molar-refractivity contribution in [2.75, 3.05) is 43.8 Å². The number of fused-ring (bicyclic) bond motifs is 1. The zero-order chi connectivity index (χ0) is 35.6. The Morgan fingerprint density at radius 3 is 2.58 bits per heavy atom. The summed E-state index contributed by atoms with van der Waals surface area (Å²) < 4.78 is 44.3. The molecule has 50 heavy (non-hydrogen) atoms. The number of carbonyl (C=O) groups excluding carboxylic acids is 2. The fourth-order valence-corrected chi connectivity index (χ4v) is 6.46. The van der Waals surface area contributed by atoms with Gasteiger partial charge in [-0.25, -0.2) is 9.97 Å². The normalized spacial score (nSPS) is 15.3. The van der Waals surface area contributed by atoms with Crippen LogP contribution in [0.2, 0.25) is 0 Å². The first-order chi connectivity index (χ1) is 23.9. The van der Waals surface area contributed by atoms with Crippen LogP contribution >= 0.6 is 0 Å². The molecular formula is C37H39F3N8O2. The second-order valence-corrected chi connectivity index (χ2v) is 12.9. The van der Waals surface area contributed by atoms with Crippen LogP contribution in [-0.4, -0.2) is 74.9 Å². The smallest absolute Gasteiger partial charge is 0.368 e. The second-order valence-electron chi connectivity index (χ2n) is 12.9. The number of rotatable bonds is 7. The van der Waals surface area contributed by atoms with Crippen molar-refractivity contribution >= 4 is 23.5 Å². The first-order valence-corrected chi connectivity index (χ1v) is 16.5. The maximum Gasteiger partial charge on any atom is 0.416 e. The van der Waals surface area contributed by atoms with Crippen LogP contribution in [0.1, 0.15) is 57.7 Å². The number of piperazine rings is 1. The zero-order valence-corrected chi connectivity index (χ0v) is 28.2. The second kappa shape index (κ2) is 14.3. The number of carbonyl (C=O) groups is 2. The molecule has 2 aliphatic rings. The number of hydrogen-bond acceptors (Lipinski definition) is 7. The molecule has 2 aliphatic heterocycles. The number of nitrogen functional groups attached to an aromatic ring is 1. The molecule has 2 amide bonds. The number of nitrogens with zero attached hydrogens (tertiary/aromatic N) is 5. The summed E-state index contributed by atoms with van der Waals surface area (Å²) in [5.74, 6) is 5.66. The van der Waals surface area contributed by atoms with Gasteiger partial charge < -0.3 is 20.9 Å². The van der Waals surface area contributed by atoms with Crippen LogP contribution in [0.25, 0.3) is 11.4 Å². The first-order valence-electron chi connectivity index (χ1n) is 16.5. The molecule has 0 atom stereocenters. The minimum atomic E-state index is -4.56. The number of aromatic nitrogens is 3. The molecule has 13 heteroatoms. The van der Waals surface area contributed by atoms with Gasteiger partial charge in [0.15, 0.2) is 0 Å². The lowest BCUT2D eigenvalue weighted by molar-refractivity contribution is -0.138. The summed E-state index contributed by atoms with van der Waals surface area (Å²) in [7, 11) is 1.87. The lowest BCUT2D eigenvalue weighted by Gasteiger charge is -2.37. The number of anilines is 2. The van der Waals surface area contributed by atoms with E-state index in [1.165, 1.54) is 18.3 Å². The van der Waals surface area contributed by atoms with Crippen LogP contribution < -0.4 is 16.4 Å². The van der Waals surface area contributed by atoms with Crippen molar-refractivity contribution in [2.45, 2.75) is 45.5 Å². The Morgan fingerprint density at radius 2 is 1.86 bits per heavy atom. The Kier molecular flexibility index (Phi) is 9.95. The third-order valence-corrected chi connectivity index (χ3v) is 9.16. The fourth-order valence-electron chi connectivity index (χ4n) is 6.46. The minimum absolute atomic E-state index is 0.0635. The van der Waals surface area contributed by atoms with Crippen molar-refractivity contribution in [3.8, 4) is 23.2 Å². The SMILES string of the molecule is CC(C)N1CCN(Cc2ccc(NC(=O)Cc3cccc(C#Cc4cnc(N)nc4-c4cc5c(n4C)CCNC5=O)c3)cc2C(F)(F)F)CC1. The van der Waals surface area contributed by atoms with Crippen LogP contribution in [0.5, 0.6) is 0 Å². The number of alkyl halides is 3. The molecule has 4 heterocycles. The van der Waals surface area contributed by atoms with Crippen LogP contribution in [0.15, 0.2) is 54.7 Å². The average molecular weight is 685 g/mol. The van der Waals surface area contributed by atoms with Crippen LogP contribution in [0.4, 0.5) is 24.8 Å². The topological polar surface area (TPSA) is 121 Å². The lowest BCUT2D eigenvalue weighted by atomic mass is 10.0. The van der Waals surface area contributed by atoms with Crippen molar-refractivity contribution in [1.82, 2.24) is 29.7 Å². The van der Waals surface area contributed by atoms with Gasteiger partial charge in [0, 0.05) is 81.9 Å². The van der Waals surface area contributed by atoms with E-state index in [1.54, 1.807) is 30.3 Å². The monoisotopic (exact) mass is 684 g/mol. The summed E-state index contributed by atoms with van der Waals surface area (Å²) in [6.07, 6.45) is -2.41. The highest BCUT2D eigenvalue weighted by molar-refractivity contribution is 5.98. The van der Waals surface area contributed by atoms with E-state index in [9.17, 15) is 22.8 Å². The summed E-state index contributed by atoms with van der Waals surface area (Å²) in [5.41, 5.74) is 9.85. The molecule has 4 N–H and O–H groups in total. The van der Waals surface area contributed by atoms with Crippen molar-refractivity contribution in [3.63, 3.8) is 0 Å². The predicted molar refractivity (Wildman–Crippen MR) is 185 cm³/mol. The van der Waals surface area contributed by atoms with Gasteiger partial charge in [0.1, 0.15) is 5.69 Å². The van der Waals surface area contributed by atoms with E-state index in [0.717, 1.165) is 24.8 Å². The van der Waals surface area contributed by atoms with Crippen LogP contribution in [0, 0.1) is 11.8 Å². The molecule has 0 aliphatic carbocycles. The third kappa shape index (κ3) is 7.82. The van der Waals surface area contributed by atoms with Gasteiger partial charge in [0.2, 0.25) is 11.9 Å². The van der Waals surface area contributed by atoms with Crippen molar-refractivity contribution in [1.29, 1.82) is 0 Å². The third-order valence-electron chi connectivity index (χ3n) is 9.16. The number of hydrogen-bond donors (Lipinski definition) is 3. The molecule has 0 radical (unpaired) electrons. The van der Waals surface area contributed by atoms with Crippen LogP contribution in [0.3, 0.4) is 0 Å². The Bertz CT molecular complexity index is 1980. The average Bonchev–Trinajstić information content (AvgIpc) is 3.42. The highest BCUT2D eigenvalue weighted by Crippen LogP contribution is 2.35. The van der Waals surface area contributed by atoms with E-state index in [4.69, 9.17) is 5.73 Å². The van der Waals surface area contributed by atoms with Crippen molar-refractivity contribution < 1.29 is 22.8 Å². The van der Waals surface area contributed by atoms with Crippen LogP contribution in [-0.2, 0) is 37.4 Å². The Hall–Kier alpha value is -5.19. The fraction of sp³-hybridized carbons (Fsp3) is 0.351. The van der Waals surface area contributed by atoms with E-state index in [0.29, 0.717) is 65.7 Å². The highest BCUT2D eigenvalue weighted by atomic mass is 19.4. The van der Waals surface area contributed by atoms with Gasteiger partial charge in [-0.3, -0.25) is 19.4 Å². The van der Waals surface area contributed by atoms with E-state index >= 15 is 0 Å². The molecule has 0 bridgehead atoms. The minimum Gasteiger partial charge on any atom is -0.368 e. The number of nitrogens with two attached hydrogens (primary N) is 1. The van der Waals surface area contributed by atoms with Gasteiger partial charge in [-0.1, -0.05) is 30.0 Å². The van der Waals surface area contributed by atoms with Gasteiger partial charge in [0.25, 0.3) is 5.91 Å². The summed E-state index contributed by atoms with van der Waals surface area (Å²) in [6, 6.07) is 13.2. The Balaban J connectivity index is 1.15. The van der Waals surface area contributed by atoms with E-state index in [2.05, 4.69) is 51.2 Å². The number of benzene rings is 2. The van der Waals surface area contributed by atoms with E-state index < -0.39 is 17.6 Å². The number of nitrogens with one attached hydrogen (secondary N) is 2. The number of amides is 2. The summed E-state index contributed by atoms with van der Waals surface area (Å²) in [6.45, 7) is 7.99. The quantitative estimate of drug-likeness (QED) is 0.246. The molecular weight excluding hydrogens is 645 g/mol. The largest absolute Gasteiger partial charge is 0.416 e. The maximum atomic E-state index is 14.1. The van der Waals surface area contributed by atoms with Crippen molar-refractivity contribution in [3.05, 3.63) is 93.8 Å². The molecule has 260 valence electrons. The maximum absolute atomic E-state index is 14.1. The molecule has 2 aromatic carbocycles. The zero-order valence-electron chi connectivity index (χ0n) is 28.2. The molecule has 10 nitrogen and oxygen atoms in total. The van der Waals surface area contributed by atoms with Gasteiger partial charge in [-0.2, -0.15) is 13.2 Å². The van der Waals surface area contributed by atoms with Gasteiger partial charge in [0.05, 0.1) is 28.8 Å². The molecule has 0 saturated carbocycles. The van der Waals surface area contributed by atoms with E-state index in [-0.39, 0.29) is 36.1 Å².